The van der Waals surface area contributed by atoms with Gasteiger partial charge in [0.25, 0.3) is 11.5 Å². The minimum atomic E-state index is -0.441. The van der Waals surface area contributed by atoms with Crippen molar-refractivity contribution in [1.82, 2.24) is 9.78 Å². The largest absolute Gasteiger partial charge is 0.322 e. The average molecular weight is 498 g/mol. The average Bonchev–Trinajstić information content (AvgIpc) is 3.22. The zero-order valence-electron chi connectivity index (χ0n) is 19.3. The van der Waals surface area contributed by atoms with E-state index in [9.17, 15) is 14.0 Å². The van der Waals surface area contributed by atoms with Crippen molar-refractivity contribution in [2.24, 2.45) is 0 Å². The fourth-order valence-electron chi connectivity index (χ4n) is 4.04. The van der Waals surface area contributed by atoms with Gasteiger partial charge in [-0.1, -0.05) is 48.0 Å². The molecule has 1 aromatic heterocycles. The molecular weight excluding hydrogens is 477 g/mol. The number of aromatic nitrogens is 2. The van der Waals surface area contributed by atoms with Crippen LogP contribution < -0.4 is 10.9 Å². The summed E-state index contributed by atoms with van der Waals surface area (Å²) in [5.41, 5.74) is 3.94. The summed E-state index contributed by atoms with van der Waals surface area (Å²) in [6.45, 7) is 1.94. The highest BCUT2D eigenvalue weighted by molar-refractivity contribution is 6.30. The van der Waals surface area contributed by atoms with E-state index >= 15 is 0 Å². The molecule has 5 aromatic rings. The molecule has 0 bridgehead atoms. The molecule has 0 aliphatic heterocycles. The van der Waals surface area contributed by atoms with Crippen LogP contribution >= 0.6 is 11.6 Å². The molecule has 7 heteroatoms. The fraction of sp³-hybridized carbons (Fsp3) is 0.0345. The van der Waals surface area contributed by atoms with E-state index in [4.69, 9.17) is 11.6 Å². The van der Waals surface area contributed by atoms with Crippen LogP contribution in [0.2, 0.25) is 5.02 Å². The van der Waals surface area contributed by atoms with Crippen molar-refractivity contribution in [2.75, 3.05) is 5.32 Å². The first-order chi connectivity index (χ1) is 17.4. The van der Waals surface area contributed by atoms with Gasteiger partial charge in [0.05, 0.1) is 16.9 Å². The van der Waals surface area contributed by atoms with Gasteiger partial charge in [0.2, 0.25) is 0 Å². The highest BCUT2D eigenvalue weighted by atomic mass is 35.5. The zero-order valence-corrected chi connectivity index (χ0v) is 20.0. The number of hydrogen-bond acceptors (Lipinski definition) is 2. The summed E-state index contributed by atoms with van der Waals surface area (Å²) in [6, 6.07) is 27.2. The first-order valence-corrected chi connectivity index (χ1v) is 11.6. The summed E-state index contributed by atoms with van der Waals surface area (Å²) in [7, 11) is 0. The molecule has 1 amide bonds. The lowest BCUT2D eigenvalue weighted by Crippen LogP contribution is -2.15. The Morgan fingerprint density at radius 2 is 1.64 bits per heavy atom. The standard InChI is InChI=1S/C29H21ClFN3O2/c1-18-5-4-6-23(17-18)34-29(36)26(27(33-34)24-7-2-3-8-25(24)31)19-11-15-22(16-12-19)32-28(35)20-9-13-21(30)14-10-20/h2-17,33H,1H3,(H,32,35). The van der Waals surface area contributed by atoms with E-state index < -0.39 is 5.82 Å². The number of carbonyl (C=O) groups is 1. The van der Waals surface area contributed by atoms with Crippen molar-refractivity contribution in [3.05, 3.63) is 129 Å². The third-order valence-electron chi connectivity index (χ3n) is 5.83. The Morgan fingerprint density at radius 3 is 2.33 bits per heavy atom. The molecule has 0 spiro atoms. The van der Waals surface area contributed by atoms with E-state index in [2.05, 4.69) is 10.4 Å². The number of amides is 1. The van der Waals surface area contributed by atoms with Crippen molar-refractivity contribution in [3.63, 3.8) is 0 Å². The fourth-order valence-corrected chi connectivity index (χ4v) is 4.16. The van der Waals surface area contributed by atoms with E-state index in [0.29, 0.717) is 38.8 Å². The minimum absolute atomic E-state index is 0.282. The van der Waals surface area contributed by atoms with Crippen molar-refractivity contribution >= 4 is 23.2 Å². The number of rotatable bonds is 5. The van der Waals surface area contributed by atoms with Crippen LogP contribution in [0.1, 0.15) is 15.9 Å². The molecule has 2 N–H and O–H groups in total. The van der Waals surface area contributed by atoms with Crippen LogP contribution in [0.15, 0.2) is 102 Å². The maximum atomic E-state index is 14.8. The third kappa shape index (κ3) is 4.59. The second-order valence-electron chi connectivity index (χ2n) is 8.36. The Balaban J connectivity index is 1.55. The van der Waals surface area contributed by atoms with Crippen LogP contribution in [-0.4, -0.2) is 15.7 Å². The highest BCUT2D eigenvalue weighted by Crippen LogP contribution is 2.31. The number of H-pyrrole nitrogens is 1. The first-order valence-electron chi connectivity index (χ1n) is 11.2. The number of nitrogens with zero attached hydrogens (tertiary/aromatic N) is 1. The summed E-state index contributed by atoms with van der Waals surface area (Å²) < 4.78 is 16.2. The number of carbonyl (C=O) groups excluding carboxylic acids is 1. The normalized spacial score (nSPS) is 10.9. The highest BCUT2D eigenvalue weighted by Gasteiger charge is 2.21. The molecule has 1 heterocycles. The molecule has 0 fully saturated rings. The number of aryl methyl sites for hydroxylation is 1. The maximum absolute atomic E-state index is 14.8. The van der Waals surface area contributed by atoms with Crippen LogP contribution in [-0.2, 0) is 0 Å². The van der Waals surface area contributed by atoms with Gasteiger partial charge in [-0.05, 0) is 78.7 Å². The molecule has 5 nitrogen and oxygen atoms in total. The van der Waals surface area contributed by atoms with Gasteiger partial charge < -0.3 is 5.32 Å². The number of hydrogen-bond donors (Lipinski definition) is 2. The molecule has 178 valence electrons. The molecule has 0 unspecified atom stereocenters. The van der Waals surface area contributed by atoms with Gasteiger partial charge >= 0.3 is 0 Å². The Hall–Kier alpha value is -4.42. The predicted octanol–water partition coefficient (Wildman–Crippen LogP) is 6.85. The Morgan fingerprint density at radius 1 is 0.917 bits per heavy atom. The molecule has 5 rings (SSSR count). The van der Waals surface area contributed by atoms with Gasteiger partial charge in [0.15, 0.2) is 0 Å². The smallest absolute Gasteiger partial charge is 0.279 e. The van der Waals surface area contributed by atoms with Crippen LogP contribution in [0, 0.1) is 12.7 Å². The third-order valence-corrected chi connectivity index (χ3v) is 6.08. The van der Waals surface area contributed by atoms with E-state index in [1.54, 1.807) is 66.7 Å². The molecule has 0 atom stereocenters. The van der Waals surface area contributed by atoms with Gasteiger partial charge in [-0.15, -0.1) is 0 Å². The number of aromatic amines is 1. The summed E-state index contributed by atoms with van der Waals surface area (Å²) in [5.74, 6) is -0.724. The molecule has 0 aliphatic carbocycles. The number of anilines is 1. The van der Waals surface area contributed by atoms with Gasteiger partial charge in [-0.2, -0.15) is 0 Å². The minimum Gasteiger partial charge on any atom is -0.322 e. The molecule has 0 saturated carbocycles. The summed E-state index contributed by atoms with van der Waals surface area (Å²) in [6.07, 6.45) is 0. The molecule has 0 radical (unpaired) electrons. The lowest BCUT2D eigenvalue weighted by molar-refractivity contribution is 0.102. The topological polar surface area (TPSA) is 66.9 Å². The van der Waals surface area contributed by atoms with Crippen LogP contribution in [0.3, 0.4) is 0 Å². The van der Waals surface area contributed by atoms with E-state index in [-0.39, 0.29) is 17.0 Å². The second kappa shape index (κ2) is 9.68. The summed E-state index contributed by atoms with van der Waals surface area (Å²) in [5, 5.41) is 6.48. The van der Waals surface area contributed by atoms with Crippen LogP contribution in [0.25, 0.3) is 28.1 Å². The quantitative estimate of drug-likeness (QED) is 0.279. The zero-order chi connectivity index (χ0) is 25.2. The second-order valence-corrected chi connectivity index (χ2v) is 8.80. The van der Waals surface area contributed by atoms with Crippen LogP contribution in [0.5, 0.6) is 0 Å². The lowest BCUT2D eigenvalue weighted by Gasteiger charge is -2.08. The molecule has 0 saturated heterocycles. The molecular formula is C29H21ClFN3O2. The lowest BCUT2D eigenvalue weighted by atomic mass is 10.0. The monoisotopic (exact) mass is 497 g/mol. The molecule has 4 aromatic carbocycles. The maximum Gasteiger partial charge on any atom is 0.279 e. The Bertz CT molecular complexity index is 1620. The van der Waals surface area contributed by atoms with E-state index in [1.165, 1.54) is 10.7 Å². The number of nitrogens with one attached hydrogen (secondary N) is 2. The van der Waals surface area contributed by atoms with Crippen LogP contribution in [0.4, 0.5) is 10.1 Å². The molecule has 36 heavy (non-hydrogen) atoms. The SMILES string of the molecule is Cc1cccc(-n2[nH]c(-c3ccccc3F)c(-c3ccc(NC(=O)c4ccc(Cl)cc4)cc3)c2=O)c1. The van der Waals surface area contributed by atoms with E-state index in [1.807, 2.05) is 31.2 Å². The molecule has 0 aliphatic rings. The predicted molar refractivity (Wildman–Crippen MR) is 141 cm³/mol. The van der Waals surface area contributed by atoms with Crippen molar-refractivity contribution < 1.29 is 9.18 Å². The van der Waals surface area contributed by atoms with Crippen molar-refractivity contribution in [2.45, 2.75) is 6.92 Å². The van der Waals surface area contributed by atoms with Gasteiger partial charge in [0.1, 0.15) is 5.82 Å². The number of benzene rings is 4. The Labute approximate surface area is 211 Å². The Kier molecular flexibility index (Phi) is 6.27. The summed E-state index contributed by atoms with van der Waals surface area (Å²) in [4.78, 5) is 26.1. The van der Waals surface area contributed by atoms with Gasteiger partial charge in [-0.3, -0.25) is 14.7 Å². The van der Waals surface area contributed by atoms with Crippen molar-refractivity contribution in [3.8, 4) is 28.1 Å². The van der Waals surface area contributed by atoms with E-state index in [0.717, 1.165) is 5.56 Å². The van der Waals surface area contributed by atoms with Crippen molar-refractivity contribution in [1.29, 1.82) is 0 Å². The number of halogens is 2. The summed E-state index contributed by atoms with van der Waals surface area (Å²) >= 11 is 5.90. The van der Waals surface area contributed by atoms with Gasteiger partial charge in [0, 0.05) is 21.8 Å². The van der Waals surface area contributed by atoms with Gasteiger partial charge in [-0.25, -0.2) is 9.07 Å². The first kappa shape index (κ1) is 23.3.